The molecule has 2 aromatic carbocycles. The number of nitrogens with one attached hydrogen (secondary N) is 1. The molecule has 1 heterocycles. The van der Waals surface area contributed by atoms with Crippen LogP contribution in [0.3, 0.4) is 0 Å². The SMILES string of the molecule is COc1ccc(NC(=O)c2ccccc2Cl)cc1N1CCCS1(=O)=O. The summed E-state index contributed by atoms with van der Waals surface area (Å²) in [7, 11) is -1.88. The molecule has 0 radical (unpaired) electrons. The molecule has 6 nitrogen and oxygen atoms in total. The van der Waals surface area contributed by atoms with Gasteiger partial charge in [-0.25, -0.2) is 8.42 Å². The van der Waals surface area contributed by atoms with E-state index in [4.69, 9.17) is 16.3 Å². The van der Waals surface area contributed by atoms with Crippen molar-refractivity contribution in [3.8, 4) is 5.75 Å². The predicted octanol–water partition coefficient (Wildman–Crippen LogP) is 3.14. The number of sulfonamides is 1. The standard InChI is InChI=1S/C17H17ClN2O4S/c1-24-16-8-7-12(11-15(16)20-9-4-10-25(20,22)23)19-17(21)13-5-2-3-6-14(13)18/h2-3,5-8,11H,4,9-10H2,1H3,(H,19,21). The molecular weight excluding hydrogens is 364 g/mol. The van der Waals surface area contributed by atoms with Gasteiger partial charge in [-0.05, 0) is 36.8 Å². The molecule has 132 valence electrons. The Morgan fingerprint density at radius 1 is 1.24 bits per heavy atom. The largest absolute Gasteiger partial charge is 0.495 e. The Labute approximate surface area is 151 Å². The summed E-state index contributed by atoms with van der Waals surface area (Å²) in [5.41, 5.74) is 1.22. The lowest BCUT2D eigenvalue weighted by Crippen LogP contribution is -2.25. The summed E-state index contributed by atoms with van der Waals surface area (Å²) in [6.07, 6.45) is 0.557. The van der Waals surface area contributed by atoms with Gasteiger partial charge in [-0.3, -0.25) is 9.10 Å². The van der Waals surface area contributed by atoms with Crippen LogP contribution in [0.1, 0.15) is 16.8 Å². The third-order valence-electron chi connectivity index (χ3n) is 3.92. The monoisotopic (exact) mass is 380 g/mol. The van der Waals surface area contributed by atoms with Gasteiger partial charge in [-0.1, -0.05) is 23.7 Å². The highest BCUT2D eigenvalue weighted by atomic mass is 35.5. The second-order valence-electron chi connectivity index (χ2n) is 5.56. The summed E-state index contributed by atoms with van der Waals surface area (Å²) >= 11 is 6.04. The van der Waals surface area contributed by atoms with Crippen LogP contribution in [0, 0.1) is 0 Å². The number of ether oxygens (including phenoxy) is 1. The number of rotatable bonds is 4. The van der Waals surface area contributed by atoms with Crippen LogP contribution in [0.15, 0.2) is 42.5 Å². The number of amides is 1. The van der Waals surface area contributed by atoms with E-state index in [1.54, 1.807) is 42.5 Å². The van der Waals surface area contributed by atoms with E-state index in [2.05, 4.69) is 5.32 Å². The molecule has 25 heavy (non-hydrogen) atoms. The Bertz CT molecular complexity index is 915. The summed E-state index contributed by atoms with van der Waals surface area (Å²) in [6, 6.07) is 11.6. The van der Waals surface area contributed by atoms with E-state index < -0.39 is 10.0 Å². The van der Waals surface area contributed by atoms with Gasteiger partial charge in [-0.2, -0.15) is 0 Å². The summed E-state index contributed by atoms with van der Waals surface area (Å²) in [5.74, 6) is 0.166. The quantitative estimate of drug-likeness (QED) is 0.884. The van der Waals surface area contributed by atoms with Crippen molar-refractivity contribution in [3.05, 3.63) is 53.1 Å². The minimum Gasteiger partial charge on any atom is -0.495 e. The van der Waals surface area contributed by atoms with Crippen molar-refractivity contribution in [3.63, 3.8) is 0 Å². The molecule has 1 aliphatic rings. The van der Waals surface area contributed by atoms with Gasteiger partial charge in [0, 0.05) is 12.2 Å². The highest BCUT2D eigenvalue weighted by Gasteiger charge is 2.30. The van der Waals surface area contributed by atoms with Crippen molar-refractivity contribution in [2.45, 2.75) is 6.42 Å². The molecule has 0 saturated carbocycles. The average Bonchev–Trinajstić information content (AvgIpc) is 2.94. The van der Waals surface area contributed by atoms with Crippen LogP contribution in [-0.4, -0.2) is 33.7 Å². The normalized spacial score (nSPS) is 15.8. The zero-order chi connectivity index (χ0) is 18.0. The average molecular weight is 381 g/mol. The molecule has 0 atom stereocenters. The van der Waals surface area contributed by atoms with Crippen LogP contribution in [0.2, 0.25) is 5.02 Å². The van der Waals surface area contributed by atoms with Gasteiger partial charge in [0.1, 0.15) is 5.75 Å². The van der Waals surface area contributed by atoms with Crippen molar-refractivity contribution in [2.75, 3.05) is 29.0 Å². The minimum absolute atomic E-state index is 0.104. The molecule has 0 unspecified atom stereocenters. The van der Waals surface area contributed by atoms with Crippen molar-refractivity contribution in [1.82, 2.24) is 0 Å². The van der Waals surface area contributed by atoms with E-state index in [1.165, 1.54) is 11.4 Å². The zero-order valence-corrected chi connectivity index (χ0v) is 15.1. The molecule has 0 bridgehead atoms. The van der Waals surface area contributed by atoms with Gasteiger partial charge in [0.25, 0.3) is 5.91 Å². The first kappa shape index (κ1) is 17.6. The van der Waals surface area contributed by atoms with E-state index in [9.17, 15) is 13.2 Å². The molecule has 8 heteroatoms. The molecule has 1 fully saturated rings. The number of hydrogen-bond acceptors (Lipinski definition) is 4. The molecule has 2 aromatic rings. The minimum atomic E-state index is -3.36. The third kappa shape index (κ3) is 3.57. The maximum atomic E-state index is 12.4. The highest BCUT2D eigenvalue weighted by Crippen LogP contribution is 2.35. The van der Waals surface area contributed by atoms with Crippen LogP contribution < -0.4 is 14.4 Å². The number of nitrogens with zero attached hydrogens (tertiary/aromatic N) is 1. The lowest BCUT2D eigenvalue weighted by Gasteiger charge is -2.20. The molecule has 0 aliphatic carbocycles. The Hall–Kier alpha value is -2.25. The van der Waals surface area contributed by atoms with Gasteiger partial charge < -0.3 is 10.1 Å². The van der Waals surface area contributed by atoms with Crippen LogP contribution >= 0.6 is 11.6 Å². The lowest BCUT2D eigenvalue weighted by molar-refractivity contribution is 0.102. The van der Waals surface area contributed by atoms with Gasteiger partial charge in [0.05, 0.1) is 29.1 Å². The Balaban J connectivity index is 1.92. The Morgan fingerprint density at radius 3 is 2.64 bits per heavy atom. The van der Waals surface area contributed by atoms with Crippen molar-refractivity contribution < 1.29 is 17.9 Å². The molecule has 1 amide bonds. The first-order chi connectivity index (χ1) is 11.9. The maximum Gasteiger partial charge on any atom is 0.257 e. The molecular formula is C17H17ClN2O4S. The van der Waals surface area contributed by atoms with Gasteiger partial charge in [0.15, 0.2) is 0 Å². The molecule has 1 saturated heterocycles. The van der Waals surface area contributed by atoms with E-state index in [1.807, 2.05) is 0 Å². The van der Waals surface area contributed by atoms with E-state index >= 15 is 0 Å². The summed E-state index contributed by atoms with van der Waals surface area (Å²) in [4.78, 5) is 12.4. The second kappa shape index (κ2) is 6.93. The predicted molar refractivity (Wildman–Crippen MR) is 98.1 cm³/mol. The Kier molecular flexibility index (Phi) is 4.87. The van der Waals surface area contributed by atoms with E-state index in [0.717, 1.165) is 0 Å². The van der Waals surface area contributed by atoms with Gasteiger partial charge in [-0.15, -0.1) is 0 Å². The van der Waals surface area contributed by atoms with Gasteiger partial charge in [0.2, 0.25) is 10.0 Å². The number of carbonyl (C=O) groups is 1. The number of benzene rings is 2. The third-order valence-corrected chi connectivity index (χ3v) is 6.11. The second-order valence-corrected chi connectivity index (χ2v) is 7.98. The fourth-order valence-corrected chi connectivity index (χ4v) is 4.50. The molecule has 1 aliphatic heterocycles. The number of methoxy groups -OCH3 is 1. The maximum absolute atomic E-state index is 12.4. The van der Waals surface area contributed by atoms with Crippen LogP contribution in [0.25, 0.3) is 0 Å². The number of anilines is 2. The summed E-state index contributed by atoms with van der Waals surface area (Å²) < 4.78 is 31.0. The van der Waals surface area contributed by atoms with Crippen molar-refractivity contribution >= 4 is 38.9 Å². The first-order valence-corrected chi connectivity index (χ1v) is 9.65. The fraction of sp³-hybridized carbons (Fsp3) is 0.235. The van der Waals surface area contributed by atoms with Crippen LogP contribution in [-0.2, 0) is 10.0 Å². The van der Waals surface area contributed by atoms with Gasteiger partial charge >= 0.3 is 0 Å². The topological polar surface area (TPSA) is 75.7 Å². The summed E-state index contributed by atoms with van der Waals surface area (Å²) in [6.45, 7) is 0.389. The van der Waals surface area contributed by atoms with E-state index in [-0.39, 0.29) is 11.7 Å². The number of carbonyl (C=O) groups excluding carboxylic acids is 1. The van der Waals surface area contributed by atoms with Crippen LogP contribution in [0.4, 0.5) is 11.4 Å². The smallest absolute Gasteiger partial charge is 0.257 e. The number of hydrogen-bond donors (Lipinski definition) is 1. The lowest BCUT2D eigenvalue weighted by atomic mass is 10.2. The Morgan fingerprint density at radius 2 is 2.00 bits per heavy atom. The fourth-order valence-electron chi connectivity index (χ4n) is 2.72. The highest BCUT2D eigenvalue weighted by molar-refractivity contribution is 7.93. The summed E-state index contributed by atoms with van der Waals surface area (Å²) in [5, 5.41) is 3.08. The molecule has 3 rings (SSSR count). The number of halogens is 1. The molecule has 0 aromatic heterocycles. The van der Waals surface area contributed by atoms with E-state index in [0.29, 0.717) is 40.7 Å². The van der Waals surface area contributed by atoms with Crippen LogP contribution in [0.5, 0.6) is 5.75 Å². The zero-order valence-electron chi connectivity index (χ0n) is 13.5. The first-order valence-electron chi connectivity index (χ1n) is 7.67. The van der Waals surface area contributed by atoms with Crippen molar-refractivity contribution in [1.29, 1.82) is 0 Å². The molecule has 0 spiro atoms. The van der Waals surface area contributed by atoms with Crippen molar-refractivity contribution in [2.24, 2.45) is 0 Å². The molecule has 1 N–H and O–H groups in total.